The maximum Gasteiger partial charge on any atom is 0.272 e. The smallest absolute Gasteiger partial charge is 0.272 e. The molecule has 2 rings (SSSR count). The molecule has 88 valence electrons. The lowest BCUT2D eigenvalue weighted by Gasteiger charge is -2.06. The number of halogens is 2. The maximum atomic E-state index is 13.2. The van der Waals surface area contributed by atoms with Gasteiger partial charge in [-0.3, -0.25) is 4.79 Å². The lowest BCUT2D eigenvalue weighted by atomic mass is 10.3. The van der Waals surface area contributed by atoms with Gasteiger partial charge in [0.15, 0.2) is 0 Å². The van der Waals surface area contributed by atoms with Gasteiger partial charge in [-0.25, -0.2) is 4.39 Å². The zero-order chi connectivity index (χ0) is 12.4. The van der Waals surface area contributed by atoms with Gasteiger partial charge in [-0.1, -0.05) is 0 Å². The topological polar surface area (TPSA) is 34.0 Å². The lowest BCUT2D eigenvalue weighted by molar-refractivity contribution is 0.101. The highest BCUT2D eigenvalue weighted by Gasteiger charge is 2.09. The van der Waals surface area contributed by atoms with Gasteiger partial charge in [0.2, 0.25) is 0 Å². The molecule has 1 amide bonds. The fraction of sp³-hybridized carbons (Fsp3) is 0.0833. The first-order valence-corrected chi connectivity index (χ1v) is 5.75. The molecule has 1 aromatic heterocycles. The molecule has 0 aliphatic heterocycles. The second-order valence-corrected chi connectivity index (χ2v) is 4.44. The molecule has 0 spiro atoms. The number of benzene rings is 1. The van der Waals surface area contributed by atoms with Crippen molar-refractivity contribution in [3.05, 3.63) is 52.5 Å². The van der Waals surface area contributed by atoms with E-state index in [1.54, 1.807) is 42.1 Å². The molecule has 0 saturated carbocycles. The number of amides is 1. The molecule has 0 aliphatic rings. The molecule has 0 aliphatic carbocycles. The Morgan fingerprint density at radius 3 is 2.76 bits per heavy atom. The fourth-order valence-electron chi connectivity index (χ4n) is 1.47. The summed E-state index contributed by atoms with van der Waals surface area (Å²) in [4.78, 5) is 11.8. The summed E-state index contributed by atoms with van der Waals surface area (Å²) >= 11 is 3.05. The zero-order valence-electron chi connectivity index (χ0n) is 9.08. The van der Waals surface area contributed by atoms with Crippen molar-refractivity contribution in [3.8, 4) is 0 Å². The molecular formula is C12H10BrFN2O. The summed E-state index contributed by atoms with van der Waals surface area (Å²) in [6, 6.07) is 7.93. The maximum absolute atomic E-state index is 13.2. The van der Waals surface area contributed by atoms with Crippen LogP contribution >= 0.6 is 15.9 Å². The van der Waals surface area contributed by atoms with Crippen molar-refractivity contribution in [2.75, 3.05) is 5.32 Å². The van der Waals surface area contributed by atoms with E-state index in [4.69, 9.17) is 0 Å². The van der Waals surface area contributed by atoms with E-state index in [-0.39, 0.29) is 5.91 Å². The normalized spacial score (nSPS) is 10.3. The third kappa shape index (κ3) is 2.55. The number of nitrogens with one attached hydrogen (secondary N) is 1. The van der Waals surface area contributed by atoms with E-state index in [9.17, 15) is 9.18 Å². The van der Waals surface area contributed by atoms with Crippen LogP contribution in [0.3, 0.4) is 0 Å². The Labute approximate surface area is 106 Å². The molecular weight excluding hydrogens is 287 g/mol. The van der Waals surface area contributed by atoms with Gasteiger partial charge in [0.25, 0.3) is 5.91 Å². The van der Waals surface area contributed by atoms with E-state index in [1.807, 2.05) is 0 Å². The van der Waals surface area contributed by atoms with Gasteiger partial charge in [0.05, 0.1) is 4.47 Å². The second kappa shape index (κ2) is 4.71. The molecule has 1 N–H and O–H groups in total. The van der Waals surface area contributed by atoms with Crippen LogP contribution in [0.2, 0.25) is 0 Å². The van der Waals surface area contributed by atoms with Crippen molar-refractivity contribution in [1.82, 2.24) is 4.57 Å². The number of carbonyl (C=O) groups is 1. The van der Waals surface area contributed by atoms with Gasteiger partial charge in [-0.2, -0.15) is 0 Å². The van der Waals surface area contributed by atoms with E-state index in [1.165, 1.54) is 6.07 Å². The Hall–Kier alpha value is -1.62. The number of hydrogen-bond acceptors (Lipinski definition) is 1. The van der Waals surface area contributed by atoms with Gasteiger partial charge >= 0.3 is 0 Å². The van der Waals surface area contributed by atoms with Crippen molar-refractivity contribution >= 4 is 27.5 Å². The number of nitrogens with zero attached hydrogens (tertiary/aromatic N) is 1. The van der Waals surface area contributed by atoms with Crippen LogP contribution in [0.1, 0.15) is 10.5 Å². The molecule has 0 atom stereocenters. The third-order valence-electron chi connectivity index (χ3n) is 2.35. The summed E-state index contributed by atoms with van der Waals surface area (Å²) in [7, 11) is 1.77. The van der Waals surface area contributed by atoms with Crippen molar-refractivity contribution in [1.29, 1.82) is 0 Å². The van der Waals surface area contributed by atoms with E-state index < -0.39 is 5.82 Å². The highest BCUT2D eigenvalue weighted by Crippen LogP contribution is 2.19. The van der Waals surface area contributed by atoms with E-state index in [0.29, 0.717) is 15.9 Å². The minimum Gasteiger partial charge on any atom is -0.347 e. The summed E-state index contributed by atoms with van der Waals surface area (Å²) in [6.07, 6.45) is 1.77. The predicted molar refractivity (Wildman–Crippen MR) is 67.5 cm³/mol. The summed E-state index contributed by atoms with van der Waals surface area (Å²) in [6.45, 7) is 0. The van der Waals surface area contributed by atoms with Crippen LogP contribution in [0.15, 0.2) is 41.0 Å². The quantitative estimate of drug-likeness (QED) is 0.907. The monoisotopic (exact) mass is 296 g/mol. The average Bonchev–Trinajstić information content (AvgIpc) is 2.70. The minimum absolute atomic E-state index is 0.265. The first-order valence-electron chi connectivity index (χ1n) is 4.95. The van der Waals surface area contributed by atoms with Crippen molar-refractivity contribution in [3.63, 3.8) is 0 Å². The molecule has 17 heavy (non-hydrogen) atoms. The molecule has 1 heterocycles. The Bertz CT molecular complexity index is 565. The Morgan fingerprint density at radius 2 is 2.18 bits per heavy atom. The number of rotatable bonds is 2. The molecule has 5 heteroatoms. The molecule has 0 fully saturated rings. The minimum atomic E-state index is -0.408. The SMILES string of the molecule is Cn1cccc1C(=O)Nc1ccc(Br)c(F)c1. The van der Waals surface area contributed by atoms with Crippen LogP contribution < -0.4 is 5.32 Å². The number of carbonyl (C=O) groups excluding carboxylic acids is 1. The molecule has 2 aromatic rings. The van der Waals surface area contributed by atoms with Crippen LogP contribution in [0, 0.1) is 5.82 Å². The van der Waals surface area contributed by atoms with E-state index in [0.717, 1.165) is 0 Å². The van der Waals surface area contributed by atoms with E-state index in [2.05, 4.69) is 21.2 Å². The summed E-state index contributed by atoms with van der Waals surface area (Å²) < 4.78 is 15.3. The van der Waals surface area contributed by atoms with Gasteiger partial charge < -0.3 is 9.88 Å². The van der Waals surface area contributed by atoms with Gasteiger partial charge in [0, 0.05) is 18.9 Å². The van der Waals surface area contributed by atoms with Crippen LogP contribution in [-0.4, -0.2) is 10.5 Å². The van der Waals surface area contributed by atoms with Gasteiger partial charge in [-0.15, -0.1) is 0 Å². The van der Waals surface area contributed by atoms with Crippen molar-refractivity contribution in [2.24, 2.45) is 7.05 Å². The highest BCUT2D eigenvalue weighted by atomic mass is 79.9. The number of hydrogen-bond donors (Lipinski definition) is 1. The molecule has 3 nitrogen and oxygen atoms in total. The van der Waals surface area contributed by atoms with Crippen molar-refractivity contribution in [2.45, 2.75) is 0 Å². The summed E-state index contributed by atoms with van der Waals surface area (Å²) in [5.74, 6) is -0.672. The Kier molecular flexibility index (Phi) is 3.28. The summed E-state index contributed by atoms with van der Waals surface area (Å²) in [5, 5.41) is 2.63. The Morgan fingerprint density at radius 1 is 1.41 bits per heavy atom. The molecule has 0 saturated heterocycles. The number of aromatic nitrogens is 1. The van der Waals surface area contributed by atoms with Crippen LogP contribution in [0.4, 0.5) is 10.1 Å². The van der Waals surface area contributed by atoms with Gasteiger partial charge in [-0.05, 0) is 46.3 Å². The summed E-state index contributed by atoms with van der Waals surface area (Å²) in [5.41, 5.74) is 0.949. The Balaban J connectivity index is 2.19. The first-order chi connectivity index (χ1) is 8.08. The zero-order valence-corrected chi connectivity index (χ0v) is 10.7. The molecule has 1 aromatic carbocycles. The standard InChI is InChI=1S/C12H10BrFN2O/c1-16-6-2-3-11(16)12(17)15-8-4-5-9(13)10(14)7-8/h2-7H,1H3,(H,15,17). The van der Waals surface area contributed by atoms with Crippen molar-refractivity contribution < 1.29 is 9.18 Å². The largest absolute Gasteiger partial charge is 0.347 e. The third-order valence-corrected chi connectivity index (χ3v) is 3.00. The fourth-order valence-corrected chi connectivity index (χ4v) is 1.71. The molecule has 0 bridgehead atoms. The second-order valence-electron chi connectivity index (χ2n) is 3.59. The van der Waals surface area contributed by atoms with Crippen LogP contribution in [0.5, 0.6) is 0 Å². The number of anilines is 1. The average molecular weight is 297 g/mol. The van der Waals surface area contributed by atoms with Crippen LogP contribution in [-0.2, 0) is 7.05 Å². The predicted octanol–water partition coefficient (Wildman–Crippen LogP) is 3.18. The van der Waals surface area contributed by atoms with Crippen LogP contribution in [0.25, 0.3) is 0 Å². The highest BCUT2D eigenvalue weighted by molar-refractivity contribution is 9.10. The molecule has 0 unspecified atom stereocenters. The van der Waals surface area contributed by atoms with Gasteiger partial charge in [0.1, 0.15) is 11.5 Å². The van der Waals surface area contributed by atoms with E-state index >= 15 is 0 Å². The number of aryl methyl sites for hydroxylation is 1. The lowest BCUT2D eigenvalue weighted by Crippen LogP contribution is -2.15. The molecule has 0 radical (unpaired) electrons. The first kappa shape index (κ1) is 11.9.